The maximum absolute atomic E-state index is 5.15. The van der Waals surface area contributed by atoms with Crippen LogP contribution < -0.4 is 0 Å². The Balaban J connectivity index is 1.03. The van der Waals surface area contributed by atoms with Gasteiger partial charge >= 0.3 is 0 Å². The molecule has 0 spiro atoms. The number of aromatic nitrogens is 4. The lowest BCUT2D eigenvalue weighted by Gasteiger charge is -2.10. The second-order valence-corrected chi connectivity index (χ2v) is 14.5. The average Bonchev–Trinajstić information content (AvgIpc) is 3.66. The first-order valence-electron chi connectivity index (χ1n) is 18.3. The molecule has 7 aromatic carbocycles. The lowest BCUT2D eigenvalue weighted by Crippen LogP contribution is -1.96. The fraction of sp³-hybridized carbons (Fsp3) is 0. The second-order valence-electron chi connectivity index (χ2n) is 13.5. The van der Waals surface area contributed by atoms with E-state index in [-0.39, 0.29) is 0 Å². The van der Waals surface area contributed by atoms with E-state index >= 15 is 0 Å². The van der Waals surface area contributed by atoms with Gasteiger partial charge in [0.25, 0.3) is 0 Å². The van der Waals surface area contributed by atoms with E-state index in [1.165, 1.54) is 20.2 Å². The molecule has 0 unspecified atom stereocenters. The zero-order valence-electron chi connectivity index (χ0n) is 29.7. The quantitative estimate of drug-likeness (QED) is 0.164. The van der Waals surface area contributed by atoms with Crippen molar-refractivity contribution in [1.29, 1.82) is 0 Å². The number of nitrogens with zero attached hydrogens (tertiary/aromatic N) is 4. The summed E-state index contributed by atoms with van der Waals surface area (Å²) in [6.45, 7) is 0. The van der Waals surface area contributed by atoms with E-state index in [1.807, 2.05) is 48.5 Å². The van der Waals surface area contributed by atoms with Gasteiger partial charge in [-0.3, -0.25) is 0 Å². The first-order chi connectivity index (χ1) is 27.2. The SMILES string of the molecule is c1ccc(-c2cc(-c3ccccc3)nc(-c3ccc(-c4ccc5c(c4)sc4c(-c6nc(-c7ccccc7)cc(-c7ccccc7)n6)cccc45)cc3)n2)cc1. The molecule has 0 saturated heterocycles. The van der Waals surface area contributed by atoms with Crippen LogP contribution in [0.5, 0.6) is 0 Å². The molecule has 3 heterocycles. The summed E-state index contributed by atoms with van der Waals surface area (Å²) in [5.74, 6) is 1.43. The number of rotatable bonds is 7. The standard InChI is InChI=1S/C50H32N4S/c1-5-14-34(15-6-1)43-31-44(35-16-7-2-8-17-35)52-49(51-43)38-26-24-33(25-27-38)39-28-29-40-41-22-13-23-42(48(41)55-47(40)30-39)50-53-45(36-18-9-3-10-19-36)32-46(54-50)37-20-11-4-12-21-37/h1-32H. The first-order valence-corrected chi connectivity index (χ1v) is 19.1. The Labute approximate surface area is 323 Å². The van der Waals surface area contributed by atoms with Crippen molar-refractivity contribution in [3.63, 3.8) is 0 Å². The third kappa shape index (κ3) is 6.37. The van der Waals surface area contributed by atoms with E-state index in [9.17, 15) is 0 Å². The molecule has 55 heavy (non-hydrogen) atoms. The molecular formula is C50H32N4S. The van der Waals surface area contributed by atoms with Crippen molar-refractivity contribution in [1.82, 2.24) is 19.9 Å². The van der Waals surface area contributed by atoms with Crippen LogP contribution in [0, 0.1) is 0 Å². The minimum absolute atomic E-state index is 0.702. The lowest BCUT2D eigenvalue weighted by molar-refractivity contribution is 1.18. The van der Waals surface area contributed by atoms with Crippen LogP contribution in [0.15, 0.2) is 194 Å². The molecule has 10 aromatic rings. The molecule has 3 aromatic heterocycles. The van der Waals surface area contributed by atoms with E-state index in [0.717, 1.165) is 73.1 Å². The number of thiophene rings is 1. The Morgan fingerprint density at radius 2 is 0.727 bits per heavy atom. The highest BCUT2D eigenvalue weighted by molar-refractivity contribution is 7.26. The van der Waals surface area contributed by atoms with Crippen LogP contribution in [-0.2, 0) is 0 Å². The predicted molar refractivity (Wildman–Crippen MR) is 229 cm³/mol. The van der Waals surface area contributed by atoms with Gasteiger partial charge in [0.2, 0.25) is 0 Å². The van der Waals surface area contributed by atoms with Gasteiger partial charge < -0.3 is 0 Å². The maximum Gasteiger partial charge on any atom is 0.161 e. The summed E-state index contributed by atoms with van der Waals surface area (Å²) in [7, 11) is 0. The topological polar surface area (TPSA) is 51.6 Å². The van der Waals surface area contributed by atoms with Gasteiger partial charge in [-0.15, -0.1) is 11.3 Å². The molecule has 0 bridgehead atoms. The first kappa shape index (κ1) is 32.6. The van der Waals surface area contributed by atoms with Crippen LogP contribution in [0.3, 0.4) is 0 Å². The zero-order chi connectivity index (χ0) is 36.6. The molecule has 0 radical (unpaired) electrons. The number of fused-ring (bicyclic) bond motifs is 3. The fourth-order valence-corrected chi connectivity index (χ4v) is 8.39. The van der Waals surface area contributed by atoms with Gasteiger partial charge in [0.15, 0.2) is 11.6 Å². The van der Waals surface area contributed by atoms with E-state index in [4.69, 9.17) is 19.9 Å². The largest absolute Gasteiger partial charge is 0.228 e. The van der Waals surface area contributed by atoms with Crippen LogP contribution in [-0.4, -0.2) is 19.9 Å². The van der Waals surface area contributed by atoms with Crippen molar-refractivity contribution in [3.05, 3.63) is 194 Å². The summed E-state index contributed by atoms with van der Waals surface area (Å²) < 4.78 is 2.40. The van der Waals surface area contributed by atoms with Crippen LogP contribution in [0.2, 0.25) is 0 Å². The maximum atomic E-state index is 5.15. The van der Waals surface area contributed by atoms with Gasteiger partial charge in [-0.05, 0) is 35.4 Å². The van der Waals surface area contributed by atoms with E-state index in [2.05, 4.69) is 146 Å². The molecule has 258 valence electrons. The summed E-state index contributed by atoms with van der Waals surface area (Å²) in [5, 5.41) is 2.43. The van der Waals surface area contributed by atoms with Crippen molar-refractivity contribution in [2.24, 2.45) is 0 Å². The van der Waals surface area contributed by atoms with Crippen LogP contribution in [0.25, 0.3) is 99.1 Å². The van der Waals surface area contributed by atoms with Gasteiger partial charge in [-0.1, -0.05) is 170 Å². The van der Waals surface area contributed by atoms with E-state index in [0.29, 0.717) is 5.82 Å². The smallest absolute Gasteiger partial charge is 0.161 e. The number of benzene rings is 7. The predicted octanol–water partition coefficient (Wildman–Crippen LogP) is 13.3. The lowest BCUT2D eigenvalue weighted by atomic mass is 10.0. The van der Waals surface area contributed by atoms with Crippen LogP contribution in [0.1, 0.15) is 0 Å². The molecular weight excluding hydrogens is 689 g/mol. The van der Waals surface area contributed by atoms with Crippen molar-refractivity contribution in [2.75, 3.05) is 0 Å². The molecule has 0 saturated carbocycles. The minimum atomic E-state index is 0.702. The van der Waals surface area contributed by atoms with Gasteiger partial charge in [-0.25, -0.2) is 19.9 Å². The highest BCUT2D eigenvalue weighted by Crippen LogP contribution is 2.41. The van der Waals surface area contributed by atoms with Crippen molar-refractivity contribution < 1.29 is 0 Å². The third-order valence-electron chi connectivity index (χ3n) is 9.95. The number of hydrogen-bond acceptors (Lipinski definition) is 5. The van der Waals surface area contributed by atoms with Gasteiger partial charge in [0, 0.05) is 53.6 Å². The Hall–Kier alpha value is -7.08. The molecule has 0 atom stereocenters. The molecule has 4 nitrogen and oxygen atoms in total. The molecule has 10 rings (SSSR count). The summed E-state index contributed by atoms with van der Waals surface area (Å²) >= 11 is 1.79. The Morgan fingerprint density at radius 3 is 1.22 bits per heavy atom. The minimum Gasteiger partial charge on any atom is -0.228 e. The van der Waals surface area contributed by atoms with Crippen molar-refractivity contribution >= 4 is 31.5 Å². The van der Waals surface area contributed by atoms with E-state index in [1.54, 1.807) is 11.3 Å². The summed E-state index contributed by atoms with van der Waals surface area (Å²) in [6.07, 6.45) is 0. The number of hydrogen-bond donors (Lipinski definition) is 0. The highest BCUT2D eigenvalue weighted by atomic mass is 32.1. The molecule has 0 aliphatic rings. The zero-order valence-corrected chi connectivity index (χ0v) is 30.5. The van der Waals surface area contributed by atoms with Gasteiger partial charge in [0.1, 0.15) is 0 Å². The second kappa shape index (κ2) is 14.0. The molecule has 0 fully saturated rings. The van der Waals surface area contributed by atoms with Crippen LogP contribution in [0.4, 0.5) is 0 Å². The van der Waals surface area contributed by atoms with Gasteiger partial charge in [-0.2, -0.15) is 0 Å². The summed E-state index contributed by atoms with van der Waals surface area (Å²) in [6, 6.07) is 67.3. The summed E-state index contributed by atoms with van der Waals surface area (Å²) in [5.41, 5.74) is 12.2. The molecule has 0 aliphatic heterocycles. The normalized spacial score (nSPS) is 11.3. The monoisotopic (exact) mass is 720 g/mol. The van der Waals surface area contributed by atoms with E-state index < -0.39 is 0 Å². The molecule has 0 amide bonds. The van der Waals surface area contributed by atoms with Crippen molar-refractivity contribution in [3.8, 4) is 78.9 Å². The Morgan fingerprint density at radius 1 is 0.291 bits per heavy atom. The highest BCUT2D eigenvalue weighted by Gasteiger charge is 2.17. The molecule has 5 heteroatoms. The van der Waals surface area contributed by atoms with Crippen LogP contribution >= 0.6 is 11.3 Å². The Kier molecular flexibility index (Phi) is 8.32. The van der Waals surface area contributed by atoms with Crippen molar-refractivity contribution in [2.45, 2.75) is 0 Å². The molecule has 0 aliphatic carbocycles. The fourth-order valence-electron chi connectivity index (χ4n) is 7.14. The third-order valence-corrected chi connectivity index (χ3v) is 11.1. The Bertz CT molecular complexity index is 2830. The van der Waals surface area contributed by atoms with Gasteiger partial charge in [0.05, 0.1) is 22.8 Å². The summed E-state index contributed by atoms with van der Waals surface area (Å²) in [4.78, 5) is 20.3. The molecule has 0 N–H and O–H groups in total. The average molecular weight is 721 g/mol.